The zero-order valence-electron chi connectivity index (χ0n) is 9.95. The summed E-state index contributed by atoms with van der Waals surface area (Å²) in [6.07, 6.45) is 0.568. The van der Waals surface area contributed by atoms with Gasteiger partial charge < -0.3 is 10.6 Å². The fraction of sp³-hybridized carbons (Fsp3) is 0.462. The van der Waals surface area contributed by atoms with Crippen molar-refractivity contribution in [3.8, 4) is 0 Å². The Morgan fingerprint density at radius 3 is 2.76 bits per heavy atom. The van der Waals surface area contributed by atoms with E-state index in [0.717, 1.165) is 0 Å². The van der Waals surface area contributed by atoms with E-state index in [1.165, 1.54) is 0 Å². The first-order chi connectivity index (χ1) is 8.11. The molecule has 0 aliphatic carbocycles. The molecule has 1 amide bonds. The van der Waals surface area contributed by atoms with Gasteiger partial charge in [0.1, 0.15) is 5.82 Å². The minimum absolute atomic E-state index is 0.107. The Morgan fingerprint density at radius 1 is 1.47 bits per heavy atom. The van der Waals surface area contributed by atoms with E-state index >= 15 is 0 Å². The minimum Gasteiger partial charge on any atom is -0.338 e. The topological polar surface area (TPSA) is 46.3 Å². The van der Waals surface area contributed by atoms with Crippen LogP contribution in [0.3, 0.4) is 0 Å². The van der Waals surface area contributed by atoms with Crippen molar-refractivity contribution in [2.45, 2.75) is 26.4 Å². The number of carbonyl (C=O) groups is 1. The van der Waals surface area contributed by atoms with Crippen molar-refractivity contribution in [1.29, 1.82) is 0 Å². The molecule has 1 aliphatic heterocycles. The van der Waals surface area contributed by atoms with E-state index in [4.69, 9.17) is 5.73 Å². The average molecular weight is 236 g/mol. The zero-order valence-corrected chi connectivity index (χ0v) is 9.95. The first-order valence-corrected chi connectivity index (χ1v) is 5.86. The van der Waals surface area contributed by atoms with E-state index in [9.17, 15) is 9.18 Å². The maximum Gasteiger partial charge on any atom is 0.223 e. The summed E-state index contributed by atoms with van der Waals surface area (Å²) >= 11 is 0. The van der Waals surface area contributed by atoms with E-state index < -0.39 is 0 Å². The number of hydrogen-bond acceptors (Lipinski definition) is 2. The van der Waals surface area contributed by atoms with E-state index in [-0.39, 0.29) is 18.3 Å². The van der Waals surface area contributed by atoms with Crippen molar-refractivity contribution < 1.29 is 9.18 Å². The van der Waals surface area contributed by atoms with Gasteiger partial charge in [0.05, 0.1) is 0 Å². The molecule has 1 aliphatic rings. The molecule has 1 saturated heterocycles. The Kier molecular flexibility index (Phi) is 3.43. The quantitative estimate of drug-likeness (QED) is 0.867. The highest BCUT2D eigenvalue weighted by molar-refractivity contribution is 5.78. The number of halogens is 1. The molecule has 0 spiro atoms. The molecule has 1 aromatic carbocycles. The Morgan fingerprint density at radius 2 is 2.18 bits per heavy atom. The molecule has 17 heavy (non-hydrogen) atoms. The van der Waals surface area contributed by atoms with Crippen LogP contribution in [0.2, 0.25) is 0 Å². The van der Waals surface area contributed by atoms with Gasteiger partial charge in [0.15, 0.2) is 0 Å². The van der Waals surface area contributed by atoms with Gasteiger partial charge in [0.2, 0.25) is 5.91 Å². The largest absolute Gasteiger partial charge is 0.338 e. The van der Waals surface area contributed by atoms with Crippen LogP contribution >= 0.6 is 0 Å². The van der Waals surface area contributed by atoms with Gasteiger partial charge in [-0.15, -0.1) is 0 Å². The summed E-state index contributed by atoms with van der Waals surface area (Å²) < 4.78 is 13.9. The van der Waals surface area contributed by atoms with Crippen molar-refractivity contribution in [3.63, 3.8) is 0 Å². The van der Waals surface area contributed by atoms with Gasteiger partial charge in [-0.05, 0) is 5.92 Å². The van der Waals surface area contributed by atoms with Crippen LogP contribution in [0.5, 0.6) is 0 Å². The standard InChI is InChI=1S/C13H17FN2O/c1-9-5-12(17)16(7-9)8-11-4-2-3-10(6-15)13(11)14/h2-4,9H,5-8,15H2,1H3. The second-order valence-corrected chi connectivity index (χ2v) is 4.68. The fourth-order valence-corrected chi connectivity index (χ4v) is 2.24. The number of hydrogen-bond donors (Lipinski definition) is 1. The molecule has 92 valence electrons. The predicted molar refractivity (Wildman–Crippen MR) is 63.5 cm³/mol. The highest BCUT2D eigenvalue weighted by atomic mass is 19.1. The van der Waals surface area contributed by atoms with Crippen molar-refractivity contribution in [1.82, 2.24) is 4.90 Å². The van der Waals surface area contributed by atoms with E-state index in [1.807, 2.05) is 6.92 Å². The van der Waals surface area contributed by atoms with E-state index in [2.05, 4.69) is 0 Å². The lowest BCUT2D eigenvalue weighted by Gasteiger charge is -2.17. The number of benzene rings is 1. The molecule has 0 radical (unpaired) electrons. The molecule has 4 heteroatoms. The second kappa shape index (κ2) is 4.84. The number of carbonyl (C=O) groups excluding carboxylic acids is 1. The fourth-order valence-electron chi connectivity index (χ4n) is 2.24. The predicted octanol–water partition coefficient (Wildman–Crippen LogP) is 1.65. The third-order valence-corrected chi connectivity index (χ3v) is 3.15. The van der Waals surface area contributed by atoms with Crippen molar-refractivity contribution in [3.05, 3.63) is 35.1 Å². The van der Waals surface area contributed by atoms with Crippen LogP contribution in [0, 0.1) is 11.7 Å². The van der Waals surface area contributed by atoms with Gasteiger partial charge >= 0.3 is 0 Å². The smallest absolute Gasteiger partial charge is 0.223 e. The number of amides is 1. The lowest BCUT2D eigenvalue weighted by molar-refractivity contribution is -0.128. The van der Waals surface area contributed by atoms with E-state index in [0.29, 0.717) is 36.6 Å². The van der Waals surface area contributed by atoms with Gasteiger partial charge in [-0.3, -0.25) is 4.79 Å². The van der Waals surface area contributed by atoms with Crippen LogP contribution in [0.1, 0.15) is 24.5 Å². The zero-order chi connectivity index (χ0) is 12.4. The van der Waals surface area contributed by atoms with Gasteiger partial charge in [-0.1, -0.05) is 25.1 Å². The van der Waals surface area contributed by atoms with Crippen molar-refractivity contribution >= 4 is 5.91 Å². The maximum atomic E-state index is 13.9. The Labute approximate surface area is 100 Å². The van der Waals surface area contributed by atoms with Gasteiger partial charge in [-0.2, -0.15) is 0 Å². The summed E-state index contributed by atoms with van der Waals surface area (Å²) in [5, 5.41) is 0. The van der Waals surface area contributed by atoms with Crippen LogP contribution in [0.15, 0.2) is 18.2 Å². The Bertz CT molecular complexity index is 433. The first kappa shape index (κ1) is 12.0. The third-order valence-electron chi connectivity index (χ3n) is 3.15. The van der Waals surface area contributed by atoms with Crippen LogP contribution in [-0.2, 0) is 17.9 Å². The van der Waals surface area contributed by atoms with Crippen LogP contribution in [-0.4, -0.2) is 17.4 Å². The highest BCUT2D eigenvalue weighted by Crippen LogP contribution is 2.21. The molecule has 2 rings (SSSR count). The lowest BCUT2D eigenvalue weighted by atomic mass is 10.1. The first-order valence-electron chi connectivity index (χ1n) is 5.86. The number of rotatable bonds is 3. The molecule has 1 unspecified atom stereocenters. The molecule has 1 fully saturated rings. The summed E-state index contributed by atoms with van der Waals surface area (Å²) in [4.78, 5) is 13.3. The molecule has 1 heterocycles. The summed E-state index contributed by atoms with van der Waals surface area (Å²) in [5.74, 6) is 0.195. The molecule has 2 N–H and O–H groups in total. The summed E-state index contributed by atoms with van der Waals surface area (Å²) in [6.45, 7) is 3.28. The lowest BCUT2D eigenvalue weighted by Crippen LogP contribution is -2.25. The SMILES string of the molecule is CC1CC(=O)N(Cc2cccc(CN)c2F)C1. The van der Waals surface area contributed by atoms with Gasteiger partial charge in [0, 0.05) is 37.2 Å². The second-order valence-electron chi connectivity index (χ2n) is 4.68. The molecule has 0 saturated carbocycles. The summed E-state index contributed by atoms with van der Waals surface area (Å²) in [7, 11) is 0. The molecule has 1 aromatic rings. The maximum absolute atomic E-state index is 13.9. The number of nitrogens with two attached hydrogens (primary N) is 1. The van der Waals surface area contributed by atoms with Gasteiger partial charge in [-0.25, -0.2) is 4.39 Å². The average Bonchev–Trinajstić information content (AvgIpc) is 2.60. The summed E-state index contributed by atoms with van der Waals surface area (Å²) in [6, 6.07) is 5.17. The van der Waals surface area contributed by atoms with Crippen molar-refractivity contribution in [2.24, 2.45) is 11.7 Å². The minimum atomic E-state index is -0.276. The number of likely N-dealkylation sites (tertiary alicyclic amines) is 1. The Balaban J connectivity index is 2.16. The highest BCUT2D eigenvalue weighted by Gasteiger charge is 2.27. The number of nitrogens with zero attached hydrogens (tertiary/aromatic N) is 1. The molecule has 1 atom stereocenters. The van der Waals surface area contributed by atoms with E-state index in [1.54, 1.807) is 23.1 Å². The van der Waals surface area contributed by atoms with Crippen LogP contribution < -0.4 is 5.73 Å². The van der Waals surface area contributed by atoms with Crippen LogP contribution in [0.25, 0.3) is 0 Å². The van der Waals surface area contributed by atoms with Crippen LogP contribution in [0.4, 0.5) is 4.39 Å². The molecule has 0 aromatic heterocycles. The monoisotopic (exact) mass is 236 g/mol. The molecular weight excluding hydrogens is 219 g/mol. The third kappa shape index (κ3) is 2.47. The Hall–Kier alpha value is -1.42. The molecule has 3 nitrogen and oxygen atoms in total. The molecular formula is C13H17FN2O. The van der Waals surface area contributed by atoms with Gasteiger partial charge in [0.25, 0.3) is 0 Å². The summed E-state index contributed by atoms with van der Waals surface area (Å²) in [5.41, 5.74) is 6.51. The van der Waals surface area contributed by atoms with Crippen molar-refractivity contribution in [2.75, 3.05) is 6.54 Å². The normalized spacial score (nSPS) is 20.1. The molecule has 0 bridgehead atoms.